The number of esters is 1. The normalized spacial score (nSPS) is 36.5. The van der Waals surface area contributed by atoms with Crippen molar-refractivity contribution in [2.24, 2.45) is 34.5 Å². The summed E-state index contributed by atoms with van der Waals surface area (Å²) >= 11 is 0. The predicted molar refractivity (Wildman–Crippen MR) is 147 cm³/mol. The van der Waals surface area contributed by atoms with Crippen LogP contribution < -0.4 is 5.32 Å². The molecule has 4 N–H and O–H groups in total. The van der Waals surface area contributed by atoms with E-state index in [0.29, 0.717) is 6.42 Å². The molecule has 8 atom stereocenters. The van der Waals surface area contributed by atoms with Crippen LogP contribution in [-0.2, 0) is 28.7 Å². The van der Waals surface area contributed by atoms with Crippen molar-refractivity contribution in [3.05, 3.63) is 23.8 Å². The number of ketones is 2. The molecule has 4 rings (SSSR count). The number of ether oxygens (including phenoxy) is 1. The number of aliphatic carboxylic acids is 1. The van der Waals surface area contributed by atoms with Crippen LogP contribution in [0.25, 0.3) is 0 Å². The van der Waals surface area contributed by atoms with Crippen LogP contribution in [0, 0.1) is 34.5 Å². The zero-order valence-electron chi connectivity index (χ0n) is 24.4. The van der Waals surface area contributed by atoms with E-state index in [-0.39, 0.29) is 61.6 Å². The van der Waals surface area contributed by atoms with Gasteiger partial charge < -0.3 is 25.4 Å². The Kier molecular flexibility index (Phi) is 8.67. The Morgan fingerprint density at radius 3 is 2.51 bits per heavy atom. The van der Waals surface area contributed by atoms with E-state index in [1.165, 1.54) is 0 Å². The molecule has 0 aromatic carbocycles. The van der Waals surface area contributed by atoms with Crippen molar-refractivity contribution in [2.45, 2.75) is 96.8 Å². The van der Waals surface area contributed by atoms with Gasteiger partial charge >= 0.3 is 11.9 Å². The molecule has 10 heteroatoms. The number of carboxylic acids is 1. The number of rotatable bonds is 10. The number of Topliss-reactive ketones (excluding diaryl/α,β-unsaturated/α-hetero) is 1. The number of nitrogens with one attached hydrogen (secondary N) is 1. The second kappa shape index (κ2) is 11.4. The molecule has 4 aliphatic carbocycles. The van der Waals surface area contributed by atoms with Crippen LogP contribution in [0.2, 0.25) is 0 Å². The molecule has 10 nitrogen and oxygen atoms in total. The summed E-state index contributed by atoms with van der Waals surface area (Å²) in [6.45, 7) is 6.93. The van der Waals surface area contributed by atoms with Crippen LogP contribution in [0.5, 0.6) is 0 Å². The van der Waals surface area contributed by atoms with Crippen LogP contribution in [0.15, 0.2) is 23.8 Å². The molecule has 41 heavy (non-hydrogen) atoms. The highest BCUT2D eigenvalue weighted by atomic mass is 16.5. The van der Waals surface area contributed by atoms with E-state index in [2.05, 4.69) is 12.2 Å². The number of allylic oxidation sites excluding steroid dienone is 4. The third-order valence-corrected chi connectivity index (χ3v) is 10.4. The molecule has 0 unspecified atom stereocenters. The van der Waals surface area contributed by atoms with Gasteiger partial charge in [0, 0.05) is 23.2 Å². The van der Waals surface area contributed by atoms with Gasteiger partial charge in [-0.1, -0.05) is 39.3 Å². The van der Waals surface area contributed by atoms with Gasteiger partial charge in [-0.15, -0.1) is 0 Å². The lowest BCUT2D eigenvalue weighted by Gasteiger charge is -2.59. The number of fused-ring (bicyclic) bond motifs is 5. The fraction of sp³-hybridized carbons (Fsp3) is 0.710. The lowest BCUT2D eigenvalue weighted by Crippen LogP contribution is -2.61. The summed E-state index contributed by atoms with van der Waals surface area (Å²) in [6, 6.07) is -1.05. The number of carbonyl (C=O) groups excluding carboxylic acids is 4. The third-order valence-electron chi connectivity index (χ3n) is 10.4. The van der Waals surface area contributed by atoms with Gasteiger partial charge in [-0.3, -0.25) is 19.2 Å². The molecule has 0 aliphatic heterocycles. The molecule has 3 fully saturated rings. The van der Waals surface area contributed by atoms with Crippen LogP contribution >= 0.6 is 0 Å². The second-order valence-electron chi connectivity index (χ2n) is 13.3. The highest BCUT2D eigenvalue weighted by molar-refractivity contribution is 6.01. The summed E-state index contributed by atoms with van der Waals surface area (Å²) in [5.74, 6) is -3.27. The minimum absolute atomic E-state index is 0.0262. The van der Waals surface area contributed by atoms with Crippen molar-refractivity contribution < 1.29 is 44.0 Å². The smallest absolute Gasteiger partial charge is 0.326 e. The summed E-state index contributed by atoms with van der Waals surface area (Å²) in [4.78, 5) is 61.3. The van der Waals surface area contributed by atoms with E-state index in [9.17, 15) is 39.3 Å². The standard InChI is InChI=1S/C31H43NO9/c1-17(2)13-22(28(38)39)32-25(36)7-8-26(37)41-16-24(35)31(40)12-10-21-20-6-5-18-14-19(33)9-11-29(18,3)27(20)23(34)15-30(21,31)4/h9,11,14,17,20-23,27,34,40H,5-8,10,12-13,15-16H2,1-4H3,(H,32,36)(H,38,39)/t20-,21-,22-,23-,27-,29-,30-,31-/m0/s1. The maximum absolute atomic E-state index is 13.4. The van der Waals surface area contributed by atoms with Gasteiger partial charge in [0.2, 0.25) is 11.7 Å². The van der Waals surface area contributed by atoms with Crippen LogP contribution in [0.4, 0.5) is 0 Å². The average molecular weight is 574 g/mol. The van der Waals surface area contributed by atoms with E-state index in [1.807, 2.05) is 26.8 Å². The molecule has 0 spiro atoms. The molecule has 226 valence electrons. The van der Waals surface area contributed by atoms with Crippen LogP contribution in [0.3, 0.4) is 0 Å². The number of hydrogen-bond donors (Lipinski definition) is 4. The second-order valence-corrected chi connectivity index (χ2v) is 13.3. The maximum atomic E-state index is 13.4. The first-order valence-electron chi connectivity index (χ1n) is 14.7. The van der Waals surface area contributed by atoms with Crippen molar-refractivity contribution >= 4 is 29.4 Å². The minimum atomic E-state index is -1.78. The van der Waals surface area contributed by atoms with Gasteiger partial charge in [-0.05, 0) is 68.4 Å². The first-order valence-corrected chi connectivity index (χ1v) is 14.7. The quantitative estimate of drug-likeness (QED) is 0.287. The number of carboxylic acid groups (broad SMARTS) is 1. The van der Waals surface area contributed by atoms with Gasteiger partial charge in [0.05, 0.1) is 12.5 Å². The lowest BCUT2D eigenvalue weighted by molar-refractivity contribution is -0.181. The molecular weight excluding hydrogens is 530 g/mol. The fourth-order valence-electron chi connectivity index (χ4n) is 8.30. The number of carbonyl (C=O) groups is 5. The highest BCUT2D eigenvalue weighted by Crippen LogP contribution is 2.67. The summed E-state index contributed by atoms with van der Waals surface area (Å²) in [5, 5.41) is 34.9. The van der Waals surface area contributed by atoms with Gasteiger partial charge in [0.25, 0.3) is 0 Å². The summed E-state index contributed by atoms with van der Waals surface area (Å²) in [5.41, 5.74) is -2.12. The average Bonchev–Trinajstić information content (AvgIpc) is 3.16. The molecule has 4 aliphatic rings. The van der Waals surface area contributed by atoms with Crippen molar-refractivity contribution in [3.63, 3.8) is 0 Å². The third kappa shape index (κ3) is 5.65. The fourth-order valence-corrected chi connectivity index (χ4v) is 8.30. The maximum Gasteiger partial charge on any atom is 0.326 e. The SMILES string of the molecule is CC(C)C[C@H](NC(=O)CCC(=O)OCC(=O)[C@@]1(O)CC[C@H]2[C@@H]3CCC4=CC(=O)C=C[C@]4(C)[C@@H]3[C@@H](O)C[C@@]21C)C(=O)O. The molecule has 0 radical (unpaired) electrons. The van der Waals surface area contributed by atoms with Gasteiger partial charge in [0.1, 0.15) is 11.6 Å². The number of hydrogen-bond acceptors (Lipinski definition) is 8. The number of aliphatic hydroxyl groups is 2. The molecule has 1 amide bonds. The monoisotopic (exact) mass is 573 g/mol. The van der Waals surface area contributed by atoms with Gasteiger partial charge in [-0.2, -0.15) is 0 Å². The summed E-state index contributed by atoms with van der Waals surface area (Å²) in [6.07, 6.45) is 6.46. The molecule has 0 aromatic rings. The summed E-state index contributed by atoms with van der Waals surface area (Å²) < 4.78 is 5.15. The van der Waals surface area contributed by atoms with E-state index in [0.717, 1.165) is 18.4 Å². The first-order chi connectivity index (χ1) is 19.1. The predicted octanol–water partition coefficient (Wildman–Crippen LogP) is 2.50. The van der Waals surface area contributed by atoms with E-state index in [1.54, 1.807) is 12.2 Å². The Balaban J connectivity index is 1.36. The molecular formula is C31H43NO9. The van der Waals surface area contributed by atoms with Gasteiger partial charge in [-0.25, -0.2) is 4.79 Å². The molecule has 0 heterocycles. The number of amides is 1. The molecule has 0 aromatic heterocycles. The van der Waals surface area contributed by atoms with Crippen LogP contribution in [0.1, 0.15) is 79.1 Å². The zero-order valence-corrected chi connectivity index (χ0v) is 24.4. The Morgan fingerprint density at radius 2 is 1.85 bits per heavy atom. The Bertz CT molecular complexity index is 1170. The van der Waals surface area contributed by atoms with E-state index in [4.69, 9.17) is 4.74 Å². The van der Waals surface area contributed by atoms with Gasteiger partial charge in [0.15, 0.2) is 12.4 Å². The highest BCUT2D eigenvalue weighted by Gasteiger charge is 2.68. The first kappa shape index (κ1) is 31.1. The van der Waals surface area contributed by atoms with Crippen LogP contribution in [-0.4, -0.2) is 69.1 Å². The Labute approximate surface area is 240 Å². The molecule has 3 saturated carbocycles. The largest absolute Gasteiger partial charge is 0.480 e. The minimum Gasteiger partial charge on any atom is -0.480 e. The molecule has 0 bridgehead atoms. The van der Waals surface area contributed by atoms with Crippen molar-refractivity contribution in [3.8, 4) is 0 Å². The molecule has 0 saturated heterocycles. The Hall–Kier alpha value is -2.85. The van der Waals surface area contributed by atoms with Crippen molar-refractivity contribution in [1.29, 1.82) is 0 Å². The zero-order chi connectivity index (χ0) is 30.3. The lowest BCUT2D eigenvalue weighted by atomic mass is 9.46. The van der Waals surface area contributed by atoms with Crippen molar-refractivity contribution in [2.75, 3.05) is 6.61 Å². The number of aliphatic hydroxyl groups excluding tert-OH is 1. The summed E-state index contributed by atoms with van der Waals surface area (Å²) in [7, 11) is 0. The van der Waals surface area contributed by atoms with E-state index < -0.39 is 58.8 Å². The van der Waals surface area contributed by atoms with Crippen molar-refractivity contribution in [1.82, 2.24) is 5.32 Å². The topological polar surface area (TPSA) is 167 Å². The Morgan fingerprint density at radius 1 is 1.15 bits per heavy atom. The van der Waals surface area contributed by atoms with E-state index >= 15 is 0 Å².